The van der Waals surface area contributed by atoms with Gasteiger partial charge in [-0.1, -0.05) is 44.2 Å². The largest absolute Gasteiger partial charge is 0.479 e. The van der Waals surface area contributed by atoms with E-state index in [1.807, 2.05) is 0 Å². The van der Waals surface area contributed by atoms with Crippen LogP contribution in [0.25, 0.3) is 0 Å². The molecule has 4 aliphatic rings. The molecule has 0 aromatic heterocycles. The Morgan fingerprint density at radius 1 is 1.04 bits per heavy atom. The fourth-order valence-corrected chi connectivity index (χ4v) is 7.22. The van der Waals surface area contributed by atoms with Gasteiger partial charge in [-0.05, 0) is 69.6 Å². The van der Waals surface area contributed by atoms with Crippen LogP contribution in [0, 0.1) is 5.92 Å². The Hall–Kier alpha value is -4.04. The number of carbonyl (C=O) groups is 5. The van der Waals surface area contributed by atoms with Crippen molar-refractivity contribution in [3.63, 3.8) is 0 Å². The van der Waals surface area contributed by atoms with Crippen molar-refractivity contribution in [1.29, 1.82) is 0 Å². The van der Waals surface area contributed by atoms with Crippen molar-refractivity contribution in [2.45, 2.75) is 127 Å². The highest BCUT2D eigenvalue weighted by Crippen LogP contribution is 2.47. The van der Waals surface area contributed by atoms with Gasteiger partial charge < -0.3 is 35.0 Å². The topological polar surface area (TPSA) is 155 Å². The number of benzene rings is 1. The number of carboxylic acid groups (broad SMARTS) is 1. The van der Waals surface area contributed by atoms with E-state index in [0.717, 1.165) is 36.6 Å². The first-order chi connectivity index (χ1) is 23.0. The van der Waals surface area contributed by atoms with Crippen LogP contribution in [0.5, 0.6) is 0 Å². The van der Waals surface area contributed by atoms with Crippen LogP contribution < -0.4 is 10.6 Å². The lowest BCUT2D eigenvalue weighted by molar-refractivity contribution is -0.146. The second-order valence-corrected chi connectivity index (χ2v) is 14.6. The van der Waals surface area contributed by atoms with E-state index in [1.165, 1.54) is 11.0 Å². The molecule has 12 nitrogen and oxygen atoms in total. The molecule has 3 heterocycles. The number of nitrogens with zero attached hydrogens (tertiary/aromatic N) is 2. The van der Waals surface area contributed by atoms with Gasteiger partial charge in [0, 0.05) is 19.5 Å². The van der Waals surface area contributed by atoms with E-state index in [0.29, 0.717) is 18.4 Å². The molecule has 270 valence electrons. The van der Waals surface area contributed by atoms with Crippen LogP contribution in [0.2, 0.25) is 0 Å². The number of alkyl carbamates (subject to hydrolysis) is 1. The highest BCUT2D eigenvalue weighted by Gasteiger charge is 2.62. The first-order valence-corrected chi connectivity index (χ1v) is 17.0. The normalized spacial score (nSPS) is 28.1. The standard InChI is InChI=1S/C34H45F3N4O8/c1-32(2,3)49-30(46)38-25-13-8-6-4-5-7-11-21-17-33(21,29(44)45)39-27(42)26-16-22(18-41(26)28(25)43)48-31(47)40-15-14-20-10-9-12-24(23(20)19-40)34(35,36)37/h9-10,12,21-22,25-26H,4-8,11,13-19H2,1-3H3,(H,38,46)(H,39,42)(H,44,45)/t21-,22-,25+,26+,33-/m1/s1. The lowest BCUT2D eigenvalue weighted by Gasteiger charge is -2.31. The molecule has 3 fully saturated rings. The zero-order valence-electron chi connectivity index (χ0n) is 28.1. The minimum absolute atomic E-state index is 0.0131. The molecule has 0 bridgehead atoms. The second-order valence-electron chi connectivity index (χ2n) is 14.6. The number of carbonyl (C=O) groups excluding carboxylic acids is 4. The van der Waals surface area contributed by atoms with Gasteiger partial charge in [0.15, 0.2) is 0 Å². The molecule has 49 heavy (non-hydrogen) atoms. The zero-order chi connectivity index (χ0) is 35.7. The van der Waals surface area contributed by atoms with Crippen LogP contribution in [-0.2, 0) is 43.0 Å². The maximum Gasteiger partial charge on any atom is 0.416 e. The molecule has 0 unspecified atom stereocenters. The van der Waals surface area contributed by atoms with Gasteiger partial charge in [0.2, 0.25) is 11.8 Å². The Labute approximate surface area is 283 Å². The van der Waals surface area contributed by atoms with E-state index >= 15 is 0 Å². The number of alkyl halides is 3. The van der Waals surface area contributed by atoms with Crippen LogP contribution in [0.4, 0.5) is 22.8 Å². The van der Waals surface area contributed by atoms with Gasteiger partial charge in [0.1, 0.15) is 29.3 Å². The summed E-state index contributed by atoms with van der Waals surface area (Å²) in [5, 5.41) is 15.4. The summed E-state index contributed by atoms with van der Waals surface area (Å²) in [5.74, 6) is -2.76. The second kappa shape index (κ2) is 14.1. The maximum absolute atomic E-state index is 14.1. The third-order valence-electron chi connectivity index (χ3n) is 9.82. The molecule has 1 saturated carbocycles. The Kier molecular flexibility index (Phi) is 10.4. The maximum atomic E-state index is 14.1. The molecule has 1 aliphatic carbocycles. The molecule has 1 aromatic carbocycles. The highest BCUT2D eigenvalue weighted by molar-refractivity contribution is 5.96. The van der Waals surface area contributed by atoms with E-state index in [-0.39, 0.29) is 56.8 Å². The van der Waals surface area contributed by atoms with Gasteiger partial charge in [-0.25, -0.2) is 14.4 Å². The molecule has 0 radical (unpaired) electrons. The third-order valence-corrected chi connectivity index (χ3v) is 9.82. The minimum atomic E-state index is -4.61. The van der Waals surface area contributed by atoms with Gasteiger partial charge in [0.25, 0.3) is 0 Å². The average Bonchev–Trinajstić information content (AvgIpc) is 3.55. The number of amides is 4. The van der Waals surface area contributed by atoms with Crippen LogP contribution >= 0.6 is 0 Å². The Bertz CT molecular complexity index is 1460. The number of ether oxygens (including phenoxy) is 2. The summed E-state index contributed by atoms with van der Waals surface area (Å²) in [4.78, 5) is 68.8. The summed E-state index contributed by atoms with van der Waals surface area (Å²) in [6.07, 6.45) is -2.34. The van der Waals surface area contributed by atoms with Crippen molar-refractivity contribution in [2.24, 2.45) is 5.92 Å². The Balaban J connectivity index is 1.37. The van der Waals surface area contributed by atoms with Gasteiger partial charge in [-0.3, -0.25) is 9.59 Å². The van der Waals surface area contributed by atoms with E-state index in [2.05, 4.69) is 10.6 Å². The van der Waals surface area contributed by atoms with Crippen LogP contribution in [0.3, 0.4) is 0 Å². The molecular weight excluding hydrogens is 649 g/mol. The molecular formula is C34H45F3N4O8. The zero-order valence-corrected chi connectivity index (χ0v) is 28.1. The molecule has 1 aromatic rings. The first-order valence-electron chi connectivity index (χ1n) is 17.0. The minimum Gasteiger partial charge on any atom is -0.479 e. The fourth-order valence-electron chi connectivity index (χ4n) is 7.22. The SMILES string of the molecule is CC(C)(C)OC(=O)N[C@H]1CCCCCCC[C@@H]2C[C@@]2(C(=O)O)NC(=O)[C@@H]2C[C@@H](OC(=O)N3CCc4cccc(C(F)(F)F)c4C3)CN2C1=O. The van der Waals surface area contributed by atoms with Crippen LogP contribution in [0.15, 0.2) is 18.2 Å². The smallest absolute Gasteiger partial charge is 0.416 e. The summed E-state index contributed by atoms with van der Waals surface area (Å²) in [6.45, 7) is 4.58. The van der Waals surface area contributed by atoms with Gasteiger partial charge >= 0.3 is 24.3 Å². The lowest BCUT2D eigenvalue weighted by Crippen LogP contribution is -2.56. The highest BCUT2D eigenvalue weighted by atomic mass is 19.4. The quantitative estimate of drug-likeness (QED) is 0.409. The molecule has 3 aliphatic heterocycles. The van der Waals surface area contributed by atoms with Gasteiger partial charge in [-0.15, -0.1) is 0 Å². The van der Waals surface area contributed by atoms with Crippen LogP contribution in [-0.4, -0.2) is 87.3 Å². The molecule has 5 rings (SSSR count). The summed E-state index contributed by atoms with van der Waals surface area (Å²) in [5.41, 5.74) is -2.66. The number of halogens is 3. The molecule has 3 N–H and O–H groups in total. The average molecular weight is 695 g/mol. The van der Waals surface area contributed by atoms with Crippen molar-refractivity contribution in [2.75, 3.05) is 13.1 Å². The number of aliphatic carboxylic acids is 1. The van der Waals surface area contributed by atoms with E-state index in [1.54, 1.807) is 26.8 Å². The number of nitrogens with one attached hydrogen (secondary N) is 2. The molecule has 4 amide bonds. The summed E-state index contributed by atoms with van der Waals surface area (Å²) < 4.78 is 52.3. The predicted octanol–water partition coefficient (Wildman–Crippen LogP) is 4.77. The van der Waals surface area contributed by atoms with Crippen molar-refractivity contribution < 1.29 is 51.7 Å². The van der Waals surface area contributed by atoms with Crippen molar-refractivity contribution in [3.8, 4) is 0 Å². The number of rotatable bonds is 3. The third kappa shape index (κ3) is 8.41. The number of hydrogen-bond donors (Lipinski definition) is 3. The predicted molar refractivity (Wildman–Crippen MR) is 168 cm³/mol. The Morgan fingerprint density at radius 2 is 1.73 bits per heavy atom. The lowest BCUT2D eigenvalue weighted by atomic mass is 9.95. The number of fused-ring (bicyclic) bond motifs is 3. The monoisotopic (exact) mass is 694 g/mol. The summed E-state index contributed by atoms with van der Waals surface area (Å²) >= 11 is 0. The van der Waals surface area contributed by atoms with Crippen LogP contribution in [0.1, 0.15) is 95.2 Å². The first kappa shape index (κ1) is 36.2. The van der Waals surface area contributed by atoms with Crippen molar-refractivity contribution >= 4 is 30.0 Å². The van der Waals surface area contributed by atoms with Crippen molar-refractivity contribution in [3.05, 3.63) is 34.9 Å². The number of carboxylic acids is 1. The van der Waals surface area contributed by atoms with E-state index in [4.69, 9.17) is 9.47 Å². The fraction of sp³-hybridized carbons (Fsp3) is 0.676. The molecule has 0 spiro atoms. The summed E-state index contributed by atoms with van der Waals surface area (Å²) in [6, 6.07) is 1.59. The van der Waals surface area contributed by atoms with Gasteiger partial charge in [0.05, 0.1) is 12.1 Å². The van der Waals surface area contributed by atoms with Gasteiger partial charge in [-0.2, -0.15) is 13.2 Å². The number of hydrogen-bond acceptors (Lipinski definition) is 7. The molecule has 5 atom stereocenters. The van der Waals surface area contributed by atoms with E-state index < -0.39 is 71.0 Å². The van der Waals surface area contributed by atoms with Crippen molar-refractivity contribution in [1.82, 2.24) is 20.4 Å². The Morgan fingerprint density at radius 3 is 2.41 bits per heavy atom. The molecule has 2 saturated heterocycles. The van der Waals surface area contributed by atoms with E-state index in [9.17, 15) is 42.3 Å². The summed E-state index contributed by atoms with van der Waals surface area (Å²) in [7, 11) is 0. The molecule has 15 heteroatoms.